The second kappa shape index (κ2) is 7.32. The molecule has 1 aliphatic carbocycles. The van der Waals surface area contributed by atoms with Crippen LogP contribution in [0.3, 0.4) is 0 Å². The Morgan fingerprint density at radius 1 is 1.32 bits per heavy atom. The van der Waals surface area contributed by atoms with Crippen LogP contribution < -0.4 is 10.6 Å². The largest absolute Gasteiger partial charge is 0.444 e. The number of carbonyl (C=O) groups excluding carboxylic acids is 1. The van der Waals surface area contributed by atoms with E-state index < -0.39 is 5.60 Å². The smallest absolute Gasteiger partial charge is 0.407 e. The van der Waals surface area contributed by atoms with Crippen molar-refractivity contribution < 1.29 is 9.53 Å². The maximum Gasteiger partial charge on any atom is 0.407 e. The molecule has 7 heteroatoms. The van der Waals surface area contributed by atoms with Crippen LogP contribution in [-0.2, 0) is 17.7 Å². The number of ether oxygens (including phenoxy) is 1. The molecular weight excluding hydrogens is 318 g/mol. The van der Waals surface area contributed by atoms with Gasteiger partial charge < -0.3 is 19.9 Å². The molecule has 7 nitrogen and oxygen atoms in total. The standard InChI is InChI=1S/C18H31N5O2/c1-12(16-22-21-15-9-6-10-23(15)16)20-14-8-5-7-13(14)11-19-17(24)25-18(2,3)4/h12-14,20H,5-11H2,1-4H3,(H,19,24). The van der Waals surface area contributed by atoms with Crippen molar-refractivity contribution in [3.05, 3.63) is 11.6 Å². The van der Waals surface area contributed by atoms with Crippen LogP contribution >= 0.6 is 0 Å². The number of fused-ring (bicyclic) bond motifs is 1. The number of aromatic nitrogens is 3. The highest BCUT2D eigenvalue weighted by Gasteiger charge is 2.31. The Morgan fingerprint density at radius 3 is 2.88 bits per heavy atom. The Balaban J connectivity index is 1.52. The molecule has 0 spiro atoms. The summed E-state index contributed by atoms with van der Waals surface area (Å²) in [5, 5.41) is 15.3. The molecule has 1 aromatic rings. The maximum atomic E-state index is 11.9. The number of nitrogens with zero attached hydrogens (tertiary/aromatic N) is 3. The summed E-state index contributed by atoms with van der Waals surface area (Å²) < 4.78 is 7.58. The van der Waals surface area contributed by atoms with Gasteiger partial charge in [-0.1, -0.05) is 6.42 Å². The summed E-state index contributed by atoms with van der Waals surface area (Å²) in [6.07, 6.45) is 5.30. The van der Waals surface area contributed by atoms with Crippen molar-refractivity contribution >= 4 is 6.09 Å². The molecule has 2 aliphatic rings. The summed E-state index contributed by atoms with van der Waals surface area (Å²) in [5.41, 5.74) is -0.458. The van der Waals surface area contributed by atoms with E-state index in [1.807, 2.05) is 20.8 Å². The van der Waals surface area contributed by atoms with Crippen LogP contribution in [0.5, 0.6) is 0 Å². The van der Waals surface area contributed by atoms with E-state index in [1.165, 1.54) is 6.42 Å². The molecular formula is C18H31N5O2. The molecule has 3 rings (SSSR count). The molecule has 2 N–H and O–H groups in total. The third-order valence-electron chi connectivity index (χ3n) is 5.06. The van der Waals surface area contributed by atoms with Gasteiger partial charge in [0.05, 0.1) is 6.04 Å². The minimum Gasteiger partial charge on any atom is -0.444 e. The summed E-state index contributed by atoms with van der Waals surface area (Å²) in [7, 11) is 0. The number of rotatable bonds is 5. The van der Waals surface area contributed by atoms with E-state index in [0.29, 0.717) is 18.5 Å². The first-order valence-corrected chi connectivity index (χ1v) is 9.48. The van der Waals surface area contributed by atoms with Gasteiger partial charge in [0, 0.05) is 25.6 Å². The van der Waals surface area contributed by atoms with Gasteiger partial charge in [0.2, 0.25) is 0 Å². The van der Waals surface area contributed by atoms with E-state index in [0.717, 1.165) is 43.9 Å². The van der Waals surface area contributed by atoms with E-state index in [-0.39, 0.29) is 12.1 Å². The van der Waals surface area contributed by atoms with Gasteiger partial charge in [0.1, 0.15) is 17.2 Å². The molecule has 3 atom stereocenters. The SMILES string of the molecule is CC(NC1CCCC1CNC(=O)OC(C)(C)C)c1nnc2n1CCC2. The Morgan fingerprint density at radius 2 is 2.12 bits per heavy atom. The van der Waals surface area contributed by atoms with Gasteiger partial charge in [0.25, 0.3) is 0 Å². The van der Waals surface area contributed by atoms with Gasteiger partial charge in [-0.2, -0.15) is 0 Å². The molecule has 1 aliphatic heterocycles. The lowest BCUT2D eigenvalue weighted by molar-refractivity contribution is 0.0517. The van der Waals surface area contributed by atoms with Crippen molar-refractivity contribution in [1.29, 1.82) is 0 Å². The average Bonchev–Trinajstić information content (AvgIpc) is 3.19. The van der Waals surface area contributed by atoms with Crippen LogP contribution in [0.1, 0.15) is 71.1 Å². The van der Waals surface area contributed by atoms with E-state index in [1.54, 1.807) is 0 Å². The number of hydrogen-bond acceptors (Lipinski definition) is 5. The van der Waals surface area contributed by atoms with Crippen LogP contribution in [0, 0.1) is 5.92 Å². The first kappa shape index (κ1) is 18.2. The zero-order valence-corrected chi connectivity index (χ0v) is 15.8. The quantitative estimate of drug-likeness (QED) is 0.854. The number of carbonyl (C=O) groups is 1. The Labute approximate surface area is 149 Å². The Bertz CT molecular complexity index is 607. The highest BCUT2D eigenvalue weighted by atomic mass is 16.6. The predicted octanol–water partition coefficient (Wildman–Crippen LogP) is 2.57. The van der Waals surface area contributed by atoms with E-state index >= 15 is 0 Å². The van der Waals surface area contributed by atoms with E-state index in [9.17, 15) is 4.79 Å². The minimum atomic E-state index is -0.458. The van der Waals surface area contributed by atoms with Gasteiger partial charge in [-0.25, -0.2) is 4.79 Å². The molecule has 0 bridgehead atoms. The number of alkyl carbamates (subject to hydrolysis) is 1. The molecule has 0 saturated heterocycles. The van der Waals surface area contributed by atoms with Crippen LogP contribution in [0.2, 0.25) is 0 Å². The van der Waals surface area contributed by atoms with Crippen molar-refractivity contribution in [2.45, 2.75) is 84.0 Å². The Kier molecular flexibility index (Phi) is 5.32. The molecule has 0 aromatic carbocycles. The van der Waals surface area contributed by atoms with Gasteiger partial charge in [0.15, 0.2) is 0 Å². The van der Waals surface area contributed by atoms with E-state index in [2.05, 4.69) is 32.3 Å². The monoisotopic (exact) mass is 349 g/mol. The van der Waals surface area contributed by atoms with Gasteiger partial charge >= 0.3 is 6.09 Å². The second-order valence-corrected chi connectivity index (χ2v) is 8.30. The van der Waals surface area contributed by atoms with Crippen molar-refractivity contribution in [1.82, 2.24) is 25.4 Å². The van der Waals surface area contributed by atoms with Crippen molar-refractivity contribution in [3.63, 3.8) is 0 Å². The van der Waals surface area contributed by atoms with Crippen LogP contribution in [0.4, 0.5) is 4.79 Å². The lowest BCUT2D eigenvalue weighted by Crippen LogP contribution is -2.42. The van der Waals surface area contributed by atoms with Crippen LogP contribution in [0.15, 0.2) is 0 Å². The molecule has 0 radical (unpaired) electrons. The normalized spacial score (nSPS) is 24.2. The maximum absolute atomic E-state index is 11.9. The summed E-state index contributed by atoms with van der Waals surface area (Å²) in [4.78, 5) is 11.9. The molecule has 1 aromatic heterocycles. The molecule has 1 fully saturated rings. The molecule has 1 saturated carbocycles. The summed E-state index contributed by atoms with van der Waals surface area (Å²) >= 11 is 0. The van der Waals surface area contributed by atoms with Crippen LogP contribution in [0.25, 0.3) is 0 Å². The first-order chi connectivity index (χ1) is 11.8. The number of nitrogens with one attached hydrogen (secondary N) is 2. The fourth-order valence-corrected chi connectivity index (χ4v) is 3.92. The van der Waals surface area contributed by atoms with Gasteiger partial charge in [-0.05, 0) is 52.9 Å². The molecule has 25 heavy (non-hydrogen) atoms. The third kappa shape index (κ3) is 4.51. The zero-order valence-electron chi connectivity index (χ0n) is 15.8. The van der Waals surface area contributed by atoms with Gasteiger partial charge in [-0.15, -0.1) is 10.2 Å². The van der Waals surface area contributed by atoms with Crippen molar-refractivity contribution in [2.24, 2.45) is 5.92 Å². The van der Waals surface area contributed by atoms with E-state index in [4.69, 9.17) is 4.74 Å². The number of hydrogen-bond donors (Lipinski definition) is 2. The highest BCUT2D eigenvalue weighted by Crippen LogP contribution is 2.28. The van der Waals surface area contributed by atoms with Crippen molar-refractivity contribution in [3.8, 4) is 0 Å². The highest BCUT2D eigenvalue weighted by molar-refractivity contribution is 5.67. The Hall–Kier alpha value is -1.63. The number of aryl methyl sites for hydroxylation is 1. The summed E-state index contributed by atoms with van der Waals surface area (Å²) in [5.74, 6) is 2.58. The van der Waals surface area contributed by atoms with Crippen molar-refractivity contribution in [2.75, 3.05) is 6.54 Å². The minimum absolute atomic E-state index is 0.173. The molecule has 2 heterocycles. The second-order valence-electron chi connectivity index (χ2n) is 8.30. The average molecular weight is 349 g/mol. The lowest BCUT2D eigenvalue weighted by atomic mass is 10.0. The summed E-state index contributed by atoms with van der Waals surface area (Å²) in [6.45, 7) is 9.48. The molecule has 140 valence electrons. The molecule has 1 amide bonds. The predicted molar refractivity (Wildman–Crippen MR) is 95.3 cm³/mol. The number of amides is 1. The summed E-state index contributed by atoms with van der Waals surface area (Å²) in [6, 6.07) is 0.561. The lowest BCUT2D eigenvalue weighted by Gasteiger charge is -2.26. The fraction of sp³-hybridized carbons (Fsp3) is 0.833. The third-order valence-corrected chi connectivity index (χ3v) is 5.06. The zero-order chi connectivity index (χ0) is 18.0. The first-order valence-electron chi connectivity index (χ1n) is 9.48. The fourth-order valence-electron chi connectivity index (χ4n) is 3.92. The van der Waals surface area contributed by atoms with Crippen LogP contribution in [-0.4, -0.2) is 39.0 Å². The molecule has 3 unspecified atom stereocenters. The topological polar surface area (TPSA) is 81.1 Å². The van der Waals surface area contributed by atoms with Gasteiger partial charge in [-0.3, -0.25) is 0 Å².